The first-order valence-corrected chi connectivity index (χ1v) is 5.32. The zero-order valence-corrected chi connectivity index (χ0v) is 9.13. The van der Waals surface area contributed by atoms with E-state index in [1.165, 1.54) is 5.56 Å². The molecule has 0 N–H and O–H groups in total. The van der Waals surface area contributed by atoms with E-state index in [0.717, 1.165) is 17.4 Å². The fraction of sp³-hybridized carbons (Fsp3) is 0.500. The highest BCUT2D eigenvalue weighted by molar-refractivity contribution is 9.09. The van der Waals surface area contributed by atoms with Gasteiger partial charge in [0.1, 0.15) is 0 Å². The van der Waals surface area contributed by atoms with Gasteiger partial charge in [-0.1, -0.05) is 28.9 Å². The van der Waals surface area contributed by atoms with Gasteiger partial charge in [0, 0.05) is 17.2 Å². The smallest absolute Gasteiger partial charge is 0.0372 e. The minimum absolute atomic E-state index is 0.689. The minimum Gasteiger partial charge on any atom is -0.261 e. The molecule has 0 fully saturated rings. The highest BCUT2D eigenvalue weighted by Crippen LogP contribution is 2.09. The molecule has 1 atom stereocenters. The SMILES string of the molecule is Cc1ccc(CC(C)CBr)cn1. The Labute approximate surface area is 82.3 Å². The van der Waals surface area contributed by atoms with Crippen LogP contribution in [0.25, 0.3) is 0 Å². The van der Waals surface area contributed by atoms with Crippen LogP contribution in [0.3, 0.4) is 0 Å². The third-order valence-electron chi connectivity index (χ3n) is 1.82. The Morgan fingerprint density at radius 2 is 2.25 bits per heavy atom. The lowest BCUT2D eigenvalue weighted by Crippen LogP contribution is -2.00. The molecule has 0 spiro atoms. The average Bonchev–Trinajstić information content (AvgIpc) is 2.09. The molecule has 12 heavy (non-hydrogen) atoms. The van der Waals surface area contributed by atoms with E-state index in [0.29, 0.717) is 5.92 Å². The number of nitrogens with zero attached hydrogens (tertiary/aromatic N) is 1. The molecule has 0 amide bonds. The number of halogens is 1. The van der Waals surface area contributed by atoms with Gasteiger partial charge in [0.25, 0.3) is 0 Å². The van der Waals surface area contributed by atoms with Crippen molar-refractivity contribution in [1.29, 1.82) is 0 Å². The molecular formula is C10H14BrN. The van der Waals surface area contributed by atoms with Gasteiger partial charge in [0.2, 0.25) is 0 Å². The lowest BCUT2D eigenvalue weighted by atomic mass is 10.0. The predicted octanol–water partition coefficient (Wildman–Crippen LogP) is 2.96. The summed E-state index contributed by atoms with van der Waals surface area (Å²) in [4.78, 5) is 4.25. The van der Waals surface area contributed by atoms with Crippen LogP contribution in [-0.2, 0) is 6.42 Å². The highest BCUT2D eigenvalue weighted by Gasteiger charge is 2.01. The Bertz CT molecular complexity index is 230. The van der Waals surface area contributed by atoms with E-state index in [1.807, 2.05) is 13.1 Å². The lowest BCUT2D eigenvalue weighted by molar-refractivity contribution is 0.661. The summed E-state index contributed by atoms with van der Waals surface area (Å²) in [6, 6.07) is 4.22. The summed E-state index contributed by atoms with van der Waals surface area (Å²) < 4.78 is 0. The first-order chi connectivity index (χ1) is 5.72. The van der Waals surface area contributed by atoms with Gasteiger partial charge in [-0.2, -0.15) is 0 Å². The molecule has 1 aromatic heterocycles. The molecule has 0 saturated heterocycles. The van der Waals surface area contributed by atoms with Crippen LogP contribution in [0, 0.1) is 12.8 Å². The van der Waals surface area contributed by atoms with E-state index in [2.05, 4.69) is 40.0 Å². The normalized spacial score (nSPS) is 12.9. The number of pyridine rings is 1. The summed E-state index contributed by atoms with van der Waals surface area (Å²) in [5.74, 6) is 0.689. The van der Waals surface area contributed by atoms with Gasteiger partial charge in [-0.05, 0) is 30.9 Å². The number of aryl methyl sites for hydroxylation is 1. The number of alkyl halides is 1. The highest BCUT2D eigenvalue weighted by atomic mass is 79.9. The second-order valence-electron chi connectivity index (χ2n) is 3.27. The maximum Gasteiger partial charge on any atom is 0.0372 e. The Hall–Kier alpha value is -0.370. The van der Waals surface area contributed by atoms with Crippen molar-refractivity contribution in [2.45, 2.75) is 20.3 Å². The maximum atomic E-state index is 4.25. The van der Waals surface area contributed by atoms with Gasteiger partial charge in [0.15, 0.2) is 0 Å². The zero-order chi connectivity index (χ0) is 8.97. The van der Waals surface area contributed by atoms with E-state index in [4.69, 9.17) is 0 Å². The third-order valence-corrected chi connectivity index (χ3v) is 2.93. The molecule has 0 aliphatic rings. The molecule has 1 rings (SSSR count). The van der Waals surface area contributed by atoms with Crippen molar-refractivity contribution in [3.8, 4) is 0 Å². The predicted molar refractivity (Wildman–Crippen MR) is 55.6 cm³/mol. The van der Waals surface area contributed by atoms with Crippen LogP contribution in [0.1, 0.15) is 18.2 Å². The topological polar surface area (TPSA) is 12.9 Å². The summed E-state index contributed by atoms with van der Waals surface area (Å²) in [5, 5.41) is 1.06. The van der Waals surface area contributed by atoms with Crippen molar-refractivity contribution in [1.82, 2.24) is 4.98 Å². The molecule has 66 valence electrons. The van der Waals surface area contributed by atoms with Crippen LogP contribution in [0.15, 0.2) is 18.3 Å². The monoisotopic (exact) mass is 227 g/mol. The summed E-state index contributed by atoms with van der Waals surface area (Å²) >= 11 is 3.47. The molecule has 0 bridgehead atoms. The number of aromatic nitrogens is 1. The van der Waals surface area contributed by atoms with Crippen LogP contribution in [-0.4, -0.2) is 10.3 Å². The first-order valence-electron chi connectivity index (χ1n) is 4.20. The molecule has 1 aromatic rings. The van der Waals surface area contributed by atoms with Crippen LogP contribution >= 0.6 is 15.9 Å². The molecule has 1 nitrogen and oxygen atoms in total. The van der Waals surface area contributed by atoms with E-state index >= 15 is 0 Å². The van der Waals surface area contributed by atoms with Crippen molar-refractivity contribution in [2.75, 3.05) is 5.33 Å². The second-order valence-corrected chi connectivity index (χ2v) is 3.92. The zero-order valence-electron chi connectivity index (χ0n) is 7.55. The van der Waals surface area contributed by atoms with Crippen LogP contribution in [0.2, 0.25) is 0 Å². The van der Waals surface area contributed by atoms with Gasteiger partial charge in [-0.25, -0.2) is 0 Å². The van der Waals surface area contributed by atoms with Crippen molar-refractivity contribution in [3.63, 3.8) is 0 Å². The van der Waals surface area contributed by atoms with Gasteiger partial charge in [-0.3, -0.25) is 4.98 Å². The Morgan fingerprint density at radius 1 is 1.50 bits per heavy atom. The molecule has 1 unspecified atom stereocenters. The number of hydrogen-bond donors (Lipinski definition) is 0. The van der Waals surface area contributed by atoms with Crippen molar-refractivity contribution in [3.05, 3.63) is 29.6 Å². The second kappa shape index (κ2) is 4.61. The third kappa shape index (κ3) is 2.94. The van der Waals surface area contributed by atoms with Gasteiger partial charge >= 0.3 is 0 Å². The fourth-order valence-corrected chi connectivity index (χ4v) is 1.31. The molecular weight excluding hydrogens is 214 g/mol. The van der Waals surface area contributed by atoms with Gasteiger partial charge in [-0.15, -0.1) is 0 Å². The summed E-state index contributed by atoms with van der Waals surface area (Å²) in [7, 11) is 0. The van der Waals surface area contributed by atoms with Crippen molar-refractivity contribution in [2.24, 2.45) is 5.92 Å². The Kier molecular flexibility index (Phi) is 3.73. The van der Waals surface area contributed by atoms with E-state index < -0.39 is 0 Å². The van der Waals surface area contributed by atoms with E-state index in [-0.39, 0.29) is 0 Å². The summed E-state index contributed by atoms with van der Waals surface area (Å²) in [6.45, 7) is 4.24. The first kappa shape index (κ1) is 9.72. The molecule has 2 heteroatoms. The molecule has 1 heterocycles. The summed E-state index contributed by atoms with van der Waals surface area (Å²) in [6.07, 6.45) is 3.08. The molecule has 0 aliphatic heterocycles. The van der Waals surface area contributed by atoms with E-state index in [1.54, 1.807) is 0 Å². The van der Waals surface area contributed by atoms with Gasteiger partial charge in [0.05, 0.1) is 0 Å². The van der Waals surface area contributed by atoms with Crippen molar-refractivity contribution < 1.29 is 0 Å². The number of hydrogen-bond acceptors (Lipinski definition) is 1. The minimum atomic E-state index is 0.689. The van der Waals surface area contributed by atoms with Gasteiger partial charge < -0.3 is 0 Å². The lowest BCUT2D eigenvalue weighted by Gasteiger charge is -2.06. The Morgan fingerprint density at radius 3 is 2.75 bits per heavy atom. The van der Waals surface area contributed by atoms with Crippen LogP contribution in [0.4, 0.5) is 0 Å². The fourth-order valence-electron chi connectivity index (χ4n) is 1.08. The average molecular weight is 228 g/mol. The Balaban J connectivity index is 2.58. The maximum absolute atomic E-state index is 4.25. The quantitative estimate of drug-likeness (QED) is 0.725. The molecule has 0 radical (unpaired) electrons. The van der Waals surface area contributed by atoms with Crippen LogP contribution < -0.4 is 0 Å². The standard InChI is InChI=1S/C10H14BrN/c1-8(6-11)5-10-4-3-9(2)12-7-10/h3-4,7-8H,5-6H2,1-2H3. The van der Waals surface area contributed by atoms with Crippen LogP contribution in [0.5, 0.6) is 0 Å². The number of rotatable bonds is 3. The van der Waals surface area contributed by atoms with Crippen molar-refractivity contribution >= 4 is 15.9 Å². The molecule has 0 aliphatic carbocycles. The largest absolute Gasteiger partial charge is 0.261 e. The molecule has 0 aromatic carbocycles. The molecule has 0 saturated carbocycles. The van der Waals surface area contributed by atoms with E-state index in [9.17, 15) is 0 Å². The summed E-state index contributed by atoms with van der Waals surface area (Å²) in [5.41, 5.74) is 2.41.